The number of rotatable bonds is 14. The number of halogens is 4. The summed E-state index contributed by atoms with van der Waals surface area (Å²) in [6.45, 7) is 5.12. The van der Waals surface area contributed by atoms with Gasteiger partial charge in [0.05, 0.1) is 12.2 Å². The summed E-state index contributed by atoms with van der Waals surface area (Å²) in [5, 5.41) is 28.9. The Labute approximate surface area is 277 Å². The summed E-state index contributed by atoms with van der Waals surface area (Å²) in [4.78, 5) is 0. The zero-order valence-electron chi connectivity index (χ0n) is 24.3. The van der Waals surface area contributed by atoms with Crippen LogP contribution in [0.5, 0.6) is 11.5 Å². The zero-order valence-corrected chi connectivity index (χ0v) is 27.4. The lowest BCUT2D eigenvalue weighted by Gasteiger charge is -2.18. The number of hydrogen-bond acceptors (Lipinski definition) is 5. The molecule has 4 aromatic rings. The van der Waals surface area contributed by atoms with E-state index >= 15 is 0 Å². The van der Waals surface area contributed by atoms with Crippen LogP contribution in [0, 0.1) is 0 Å². The molecule has 0 heterocycles. The van der Waals surface area contributed by atoms with E-state index in [1.54, 1.807) is 24.3 Å². The predicted molar refractivity (Wildman–Crippen MR) is 183 cm³/mol. The van der Waals surface area contributed by atoms with Gasteiger partial charge in [0.2, 0.25) is 0 Å². The van der Waals surface area contributed by atoms with E-state index in [1.165, 1.54) is 11.1 Å². The molecule has 43 heavy (non-hydrogen) atoms. The van der Waals surface area contributed by atoms with Crippen molar-refractivity contribution in [3.63, 3.8) is 0 Å². The van der Waals surface area contributed by atoms with Crippen molar-refractivity contribution in [1.82, 2.24) is 10.6 Å². The lowest BCUT2D eigenvalue weighted by atomic mass is 10.1. The van der Waals surface area contributed by atoms with Crippen LogP contribution in [-0.2, 0) is 12.8 Å². The molecule has 0 bridgehead atoms. The first kappa shape index (κ1) is 36.9. The highest BCUT2D eigenvalue weighted by Gasteiger charge is 2.12. The fraction of sp³-hybridized carbons (Fsp3) is 0.294. The molecule has 4 aromatic carbocycles. The van der Waals surface area contributed by atoms with Crippen molar-refractivity contribution in [1.29, 1.82) is 0 Å². The molecule has 0 amide bonds. The number of aliphatic hydroxyl groups excluding tert-OH is 2. The number of aliphatic hydroxyl groups is 2. The van der Waals surface area contributed by atoms with Gasteiger partial charge in [-0.2, -0.15) is 0 Å². The summed E-state index contributed by atoms with van der Waals surface area (Å²) in [5.74, 6) is 1.56. The first-order valence-corrected chi connectivity index (χ1v) is 14.7. The maximum Gasteiger partial charge on any atom is 0.127 e. The minimum absolute atomic E-state index is 0. The standard InChI is InChI=1S/C34H38Cl2N2O3.2ClH/c1-23(37-21-33(39)27-5-3-7-29(35)19-27)17-25-9-13-31(14-10-25)41-32-15-11-26(12-16-32)18-24(2)38-22-34(40)28-6-4-8-30(36)20-28;;/h3-16,19-20,23-24,33-34,37-40H,17-18,21-22H2,1-2H3;2*1H/t23-,24-,33+,34+;;/m1../s1. The zero-order chi connectivity index (χ0) is 29.2. The fourth-order valence-electron chi connectivity index (χ4n) is 4.66. The van der Waals surface area contributed by atoms with Crippen LogP contribution in [0.15, 0.2) is 97.1 Å². The quantitative estimate of drug-likeness (QED) is 0.109. The third kappa shape index (κ3) is 12.3. The van der Waals surface area contributed by atoms with Gasteiger partial charge in [-0.25, -0.2) is 0 Å². The molecule has 0 radical (unpaired) electrons. The highest BCUT2D eigenvalue weighted by Crippen LogP contribution is 2.24. The van der Waals surface area contributed by atoms with E-state index in [0.29, 0.717) is 23.1 Å². The van der Waals surface area contributed by atoms with Crippen LogP contribution in [0.4, 0.5) is 0 Å². The molecule has 0 aliphatic heterocycles. The Morgan fingerprint density at radius 2 is 0.977 bits per heavy atom. The van der Waals surface area contributed by atoms with Gasteiger partial charge in [0.15, 0.2) is 0 Å². The third-order valence-electron chi connectivity index (χ3n) is 6.95. The topological polar surface area (TPSA) is 73.8 Å². The lowest BCUT2D eigenvalue weighted by Crippen LogP contribution is -2.32. The van der Waals surface area contributed by atoms with Crippen molar-refractivity contribution in [3.05, 3.63) is 129 Å². The van der Waals surface area contributed by atoms with E-state index in [9.17, 15) is 10.2 Å². The molecule has 0 saturated heterocycles. The van der Waals surface area contributed by atoms with E-state index in [2.05, 4.69) is 48.7 Å². The van der Waals surface area contributed by atoms with Gasteiger partial charge < -0.3 is 25.6 Å². The monoisotopic (exact) mass is 664 g/mol. The summed E-state index contributed by atoms with van der Waals surface area (Å²) < 4.78 is 6.05. The van der Waals surface area contributed by atoms with E-state index in [1.807, 2.05) is 48.5 Å². The summed E-state index contributed by atoms with van der Waals surface area (Å²) >= 11 is 12.1. The summed E-state index contributed by atoms with van der Waals surface area (Å²) in [5.41, 5.74) is 3.99. The number of nitrogens with one attached hydrogen (secondary N) is 2. The number of hydrogen-bond donors (Lipinski definition) is 4. The van der Waals surface area contributed by atoms with Crippen LogP contribution in [-0.4, -0.2) is 35.4 Å². The second-order valence-electron chi connectivity index (χ2n) is 10.6. The molecule has 5 nitrogen and oxygen atoms in total. The molecule has 4 rings (SSSR count). The summed E-state index contributed by atoms with van der Waals surface area (Å²) in [7, 11) is 0. The molecular formula is C34H40Cl4N2O3. The minimum atomic E-state index is -0.606. The van der Waals surface area contributed by atoms with Gasteiger partial charge in [0.1, 0.15) is 11.5 Å². The van der Waals surface area contributed by atoms with Gasteiger partial charge in [-0.15, -0.1) is 24.8 Å². The molecular weight excluding hydrogens is 626 g/mol. The maximum atomic E-state index is 10.4. The molecule has 232 valence electrons. The molecule has 4 atom stereocenters. The van der Waals surface area contributed by atoms with E-state index in [4.69, 9.17) is 27.9 Å². The van der Waals surface area contributed by atoms with Gasteiger partial charge in [-0.05, 0) is 97.5 Å². The van der Waals surface area contributed by atoms with Crippen molar-refractivity contribution >= 4 is 48.0 Å². The Bertz CT molecular complexity index is 1270. The molecule has 0 aromatic heterocycles. The van der Waals surface area contributed by atoms with E-state index < -0.39 is 12.2 Å². The van der Waals surface area contributed by atoms with E-state index in [-0.39, 0.29) is 36.9 Å². The lowest BCUT2D eigenvalue weighted by molar-refractivity contribution is 0.170. The number of ether oxygens (including phenoxy) is 1. The summed E-state index contributed by atoms with van der Waals surface area (Å²) in [6.07, 6.45) is 0.454. The van der Waals surface area contributed by atoms with E-state index in [0.717, 1.165) is 35.5 Å². The maximum absolute atomic E-state index is 10.4. The van der Waals surface area contributed by atoms with Gasteiger partial charge in [0, 0.05) is 35.2 Å². The Morgan fingerprint density at radius 1 is 0.605 bits per heavy atom. The first-order valence-electron chi connectivity index (χ1n) is 13.9. The van der Waals surface area contributed by atoms with Crippen LogP contribution in [0.3, 0.4) is 0 Å². The van der Waals surface area contributed by atoms with Crippen LogP contribution in [0.25, 0.3) is 0 Å². The Kier molecular flexibility index (Phi) is 15.8. The van der Waals surface area contributed by atoms with Gasteiger partial charge in [0.25, 0.3) is 0 Å². The smallest absolute Gasteiger partial charge is 0.127 e. The van der Waals surface area contributed by atoms with Crippen LogP contribution in [0.2, 0.25) is 10.0 Å². The molecule has 0 fully saturated rings. The molecule has 9 heteroatoms. The molecule has 0 aliphatic rings. The number of benzene rings is 4. The second kappa shape index (κ2) is 18.5. The third-order valence-corrected chi connectivity index (χ3v) is 7.42. The molecule has 0 saturated carbocycles. The van der Waals surface area contributed by atoms with Crippen molar-refractivity contribution in [2.45, 2.75) is 51.0 Å². The van der Waals surface area contributed by atoms with Gasteiger partial charge in [-0.3, -0.25) is 0 Å². The highest BCUT2D eigenvalue weighted by atomic mass is 35.5. The van der Waals surface area contributed by atoms with Gasteiger partial charge >= 0.3 is 0 Å². The van der Waals surface area contributed by atoms with Crippen molar-refractivity contribution in [3.8, 4) is 11.5 Å². The van der Waals surface area contributed by atoms with Crippen molar-refractivity contribution in [2.75, 3.05) is 13.1 Å². The predicted octanol–water partition coefficient (Wildman–Crippen LogP) is 8.14. The minimum Gasteiger partial charge on any atom is -0.457 e. The summed E-state index contributed by atoms with van der Waals surface area (Å²) in [6, 6.07) is 31.2. The average molecular weight is 667 g/mol. The van der Waals surface area contributed by atoms with Crippen molar-refractivity contribution < 1.29 is 14.9 Å². The van der Waals surface area contributed by atoms with Crippen LogP contribution < -0.4 is 15.4 Å². The average Bonchev–Trinajstić information content (AvgIpc) is 2.96. The largest absolute Gasteiger partial charge is 0.457 e. The Hall–Kier alpha value is -2.32. The second-order valence-corrected chi connectivity index (χ2v) is 11.4. The Balaban J connectivity index is 0.00000323. The van der Waals surface area contributed by atoms with Gasteiger partial charge in [-0.1, -0.05) is 71.7 Å². The molecule has 0 spiro atoms. The first-order chi connectivity index (χ1) is 19.7. The fourth-order valence-corrected chi connectivity index (χ4v) is 5.06. The highest BCUT2D eigenvalue weighted by molar-refractivity contribution is 6.30. The SMILES string of the molecule is C[C@H](Cc1ccc(Oc2ccc(C[C@@H](C)NC[C@H](O)c3cccc(Cl)c3)cc2)cc1)NC[C@H](O)c1cccc(Cl)c1.Cl.Cl. The molecule has 0 aliphatic carbocycles. The molecule has 4 N–H and O–H groups in total. The Morgan fingerprint density at radius 3 is 1.33 bits per heavy atom. The van der Waals surface area contributed by atoms with Crippen LogP contribution in [0.1, 0.15) is 48.3 Å². The normalized spacial score (nSPS) is 13.6. The molecule has 0 unspecified atom stereocenters. The van der Waals surface area contributed by atoms with Crippen molar-refractivity contribution in [2.24, 2.45) is 0 Å². The van der Waals surface area contributed by atoms with Crippen LogP contribution >= 0.6 is 48.0 Å².